The number of anilines is 1. The second-order valence-electron chi connectivity index (χ2n) is 3.49. The molecule has 0 spiro atoms. The fourth-order valence-electron chi connectivity index (χ4n) is 1.27. The van der Waals surface area contributed by atoms with Gasteiger partial charge in [-0.15, -0.1) is 10.2 Å². The average molecular weight is 244 g/mol. The van der Waals surface area contributed by atoms with Crippen molar-refractivity contribution in [1.29, 1.82) is 0 Å². The molecular formula is C10H14ClN3O2. The Bertz CT molecular complexity index is 356. The molecule has 1 unspecified atom stereocenters. The van der Waals surface area contributed by atoms with Gasteiger partial charge in [0.1, 0.15) is 0 Å². The van der Waals surface area contributed by atoms with Crippen LogP contribution in [0.3, 0.4) is 0 Å². The molecule has 1 aromatic rings. The smallest absolute Gasteiger partial charge is 0.308 e. The van der Waals surface area contributed by atoms with Crippen LogP contribution < -0.4 is 4.90 Å². The van der Waals surface area contributed by atoms with Gasteiger partial charge in [-0.3, -0.25) is 4.79 Å². The molecule has 0 saturated carbocycles. The molecular weight excluding hydrogens is 230 g/mol. The van der Waals surface area contributed by atoms with E-state index in [4.69, 9.17) is 16.7 Å². The predicted molar refractivity (Wildman–Crippen MR) is 61.7 cm³/mol. The minimum absolute atomic E-state index is 0.325. The van der Waals surface area contributed by atoms with Gasteiger partial charge in [-0.2, -0.15) is 0 Å². The first kappa shape index (κ1) is 12.7. The summed E-state index contributed by atoms with van der Waals surface area (Å²) >= 11 is 5.63. The van der Waals surface area contributed by atoms with Gasteiger partial charge in [-0.05, 0) is 19.1 Å². The minimum atomic E-state index is -0.819. The Balaban J connectivity index is 2.74. The van der Waals surface area contributed by atoms with Crippen molar-refractivity contribution in [3.05, 3.63) is 17.3 Å². The van der Waals surface area contributed by atoms with E-state index in [-0.39, 0.29) is 0 Å². The highest BCUT2D eigenvalue weighted by Gasteiger charge is 2.16. The molecule has 1 N–H and O–H groups in total. The van der Waals surface area contributed by atoms with Crippen molar-refractivity contribution in [1.82, 2.24) is 10.2 Å². The van der Waals surface area contributed by atoms with Crippen molar-refractivity contribution in [2.24, 2.45) is 5.92 Å². The van der Waals surface area contributed by atoms with Crippen LogP contribution in [0.1, 0.15) is 13.8 Å². The molecule has 1 rings (SSSR count). The summed E-state index contributed by atoms with van der Waals surface area (Å²) in [5, 5.41) is 16.8. The first-order chi connectivity index (χ1) is 7.54. The molecule has 0 aliphatic heterocycles. The molecule has 0 radical (unpaired) electrons. The van der Waals surface area contributed by atoms with E-state index in [1.807, 2.05) is 11.8 Å². The van der Waals surface area contributed by atoms with Gasteiger partial charge in [0, 0.05) is 13.1 Å². The summed E-state index contributed by atoms with van der Waals surface area (Å²) in [6, 6.07) is 3.37. The molecule has 16 heavy (non-hydrogen) atoms. The van der Waals surface area contributed by atoms with E-state index in [9.17, 15) is 4.79 Å². The summed E-state index contributed by atoms with van der Waals surface area (Å²) in [5.41, 5.74) is 0. The molecule has 1 aromatic heterocycles. The number of carboxylic acid groups (broad SMARTS) is 1. The molecule has 0 aliphatic rings. The zero-order valence-electron chi connectivity index (χ0n) is 9.22. The van der Waals surface area contributed by atoms with Crippen molar-refractivity contribution >= 4 is 23.4 Å². The Morgan fingerprint density at radius 1 is 1.56 bits per heavy atom. The van der Waals surface area contributed by atoms with E-state index in [2.05, 4.69) is 10.2 Å². The predicted octanol–water partition coefficient (Wildman–Crippen LogP) is 1.68. The lowest BCUT2D eigenvalue weighted by Gasteiger charge is -2.23. The van der Waals surface area contributed by atoms with Crippen LogP contribution in [0.4, 0.5) is 5.82 Å². The molecule has 0 fully saturated rings. The van der Waals surface area contributed by atoms with Crippen molar-refractivity contribution in [2.45, 2.75) is 13.8 Å². The van der Waals surface area contributed by atoms with Crippen LogP contribution >= 0.6 is 11.6 Å². The van der Waals surface area contributed by atoms with Crippen molar-refractivity contribution < 1.29 is 9.90 Å². The lowest BCUT2D eigenvalue weighted by molar-refractivity contribution is -0.140. The van der Waals surface area contributed by atoms with Gasteiger partial charge in [0.25, 0.3) is 0 Å². The highest BCUT2D eigenvalue weighted by atomic mass is 35.5. The van der Waals surface area contributed by atoms with Gasteiger partial charge in [-0.25, -0.2) is 0 Å². The summed E-state index contributed by atoms with van der Waals surface area (Å²) in [7, 11) is 0. The number of carbonyl (C=O) groups is 1. The second kappa shape index (κ2) is 5.65. The van der Waals surface area contributed by atoms with E-state index in [1.165, 1.54) is 0 Å². The zero-order chi connectivity index (χ0) is 12.1. The first-order valence-corrected chi connectivity index (χ1v) is 5.39. The van der Waals surface area contributed by atoms with E-state index >= 15 is 0 Å². The first-order valence-electron chi connectivity index (χ1n) is 5.01. The number of nitrogens with zero attached hydrogens (tertiary/aromatic N) is 3. The van der Waals surface area contributed by atoms with Crippen LogP contribution in [0.25, 0.3) is 0 Å². The Morgan fingerprint density at radius 3 is 2.69 bits per heavy atom. The number of aromatic nitrogens is 2. The zero-order valence-corrected chi connectivity index (χ0v) is 9.98. The monoisotopic (exact) mass is 243 g/mol. The molecule has 0 saturated heterocycles. The highest BCUT2D eigenvalue weighted by Crippen LogP contribution is 2.13. The van der Waals surface area contributed by atoms with Crippen LogP contribution in [0.5, 0.6) is 0 Å². The Morgan fingerprint density at radius 2 is 2.25 bits per heavy atom. The molecule has 0 aliphatic carbocycles. The molecule has 5 nitrogen and oxygen atoms in total. The number of hydrogen-bond donors (Lipinski definition) is 1. The van der Waals surface area contributed by atoms with E-state index in [1.54, 1.807) is 19.1 Å². The molecule has 88 valence electrons. The number of hydrogen-bond acceptors (Lipinski definition) is 4. The number of rotatable bonds is 5. The third-order valence-corrected chi connectivity index (χ3v) is 2.44. The number of carboxylic acids is 1. The van der Waals surface area contributed by atoms with Crippen LogP contribution in [0.2, 0.25) is 5.15 Å². The SMILES string of the molecule is CCN(CC(C)C(=O)O)c1ccc(Cl)nn1. The Labute approximate surface area is 99.0 Å². The molecule has 0 aromatic carbocycles. The summed E-state index contributed by atoms with van der Waals surface area (Å²) in [4.78, 5) is 12.6. The third-order valence-electron chi connectivity index (χ3n) is 2.24. The maximum atomic E-state index is 10.8. The fraction of sp³-hybridized carbons (Fsp3) is 0.500. The van der Waals surface area contributed by atoms with Gasteiger partial charge in [0.15, 0.2) is 11.0 Å². The molecule has 0 bridgehead atoms. The maximum absolute atomic E-state index is 10.8. The van der Waals surface area contributed by atoms with Gasteiger partial charge in [0.05, 0.1) is 5.92 Å². The fourth-order valence-corrected chi connectivity index (χ4v) is 1.37. The Kier molecular flexibility index (Phi) is 4.49. The summed E-state index contributed by atoms with van der Waals surface area (Å²) in [6.07, 6.45) is 0. The summed E-state index contributed by atoms with van der Waals surface area (Å²) in [5.74, 6) is -0.627. The maximum Gasteiger partial charge on any atom is 0.308 e. The van der Waals surface area contributed by atoms with Crippen LogP contribution in [-0.4, -0.2) is 34.4 Å². The minimum Gasteiger partial charge on any atom is -0.481 e. The molecule has 1 heterocycles. The normalized spacial score (nSPS) is 12.2. The lowest BCUT2D eigenvalue weighted by Crippen LogP contribution is -2.32. The third kappa shape index (κ3) is 3.34. The van der Waals surface area contributed by atoms with Crippen molar-refractivity contribution in [3.8, 4) is 0 Å². The summed E-state index contributed by atoms with van der Waals surface area (Å²) < 4.78 is 0. The lowest BCUT2D eigenvalue weighted by atomic mass is 10.1. The van der Waals surface area contributed by atoms with Gasteiger partial charge >= 0.3 is 5.97 Å². The molecule has 1 atom stereocenters. The van der Waals surface area contributed by atoms with Crippen LogP contribution in [-0.2, 0) is 4.79 Å². The molecule has 6 heteroatoms. The largest absolute Gasteiger partial charge is 0.481 e. The highest BCUT2D eigenvalue weighted by molar-refractivity contribution is 6.29. The number of aliphatic carboxylic acids is 1. The molecule has 0 amide bonds. The van der Waals surface area contributed by atoms with E-state index < -0.39 is 11.9 Å². The van der Waals surface area contributed by atoms with Gasteiger partial charge < -0.3 is 10.0 Å². The number of halogens is 1. The average Bonchev–Trinajstić information content (AvgIpc) is 2.26. The van der Waals surface area contributed by atoms with Crippen LogP contribution in [0, 0.1) is 5.92 Å². The van der Waals surface area contributed by atoms with Crippen LogP contribution in [0.15, 0.2) is 12.1 Å². The summed E-state index contributed by atoms with van der Waals surface area (Å²) in [6.45, 7) is 4.68. The van der Waals surface area contributed by atoms with E-state index in [0.29, 0.717) is 24.1 Å². The van der Waals surface area contributed by atoms with Crippen molar-refractivity contribution in [2.75, 3.05) is 18.0 Å². The van der Waals surface area contributed by atoms with Gasteiger partial charge in [-0.1, -0.05) is 18.5 Å². The van der Waals surface area contributed by atoms with Crippen molar-refractivity contribution in [3.63, 3.8) is 0 Å². The quantitative estimate of drug-likeness (QED) is 0.852. The topological polar surface area (TPSA) is 66.3 Å². The Hall–Kier alpha value is -1.36. The second-order valence-corrected chi connectivity index (χ2v) is 3.88. The van der Waals surface area contributed by atoms with E-state index in [0.717, 1.165) is 0 Å². The standard InChI is InChI=1S/C10H14ClN3O2/c1-3-14(6-7(2)10(15)16)9-5-4-8(11)12-13-9/h4-5,7H,3,6H2,1-2H3,(H,15,16). The van der Waals surface area contributed by atoms with Gasteiger partial charge in [0.2, 0.25) is 0 Å².